The number of benzene rings is 2. The highest BCUT2D eigenvalue weighted by Gasteiger charge is 2.40. The van der Waals surface area contributed by atoms with Crippen LogP contribution >= 0.6 is 0 Å². The van der Waals surface area contributed by atoms with Crippen molar-refractivity contribution in [1.82, 2.24) is 10.2 Å². The predicted molar refractivity (Wildman–Crippen MR) is 160 cm³/mol. The van der Waals surface area contributed by atoms with E-state index < -0.39 is 42.3 Å². The Morgan fingerprint density at radius 2 is 1.70 bits per heavy atom. The van der Waals surface area contributed by atoms with Gasteiger partial charge in [0.1, 0.15) is 5.75 Å². The number of methoxy groups -OCH3 is 1. The van der Waals surface area contributed by atoms with Gasteiger partial charge in [-0.1, -0.05) is 6.07 Å². The van der Waals surface area contributed by atoms with Gasteiger partial charge >= 0.3 is 13.3 Å². The lowest BCUT2D eigenvalue weighted by molar-refractivity contribution is -0.137. The average Bonchev–Trinajstić information content (AvgIpc) is 3.21. The normalized spacial score (nSPS) is 14.1. The number of alkyl halides is 3. The molecule has 0 spiro atoms. The number of amides is 3. The number of nitrogens with two attached hydrogens (primary N) is 3. The van der Waals surface area contributed by atoms with Crippen LogP contribution in [0.5, 0.6) is 5.75 Å². The molecule has 1 aliphatic heterocycles. The summed E-state index contributed by atoms with van der Waals surface area (Å²) in [5.74, 6) is -0.737. The smallest absolute Gasteiger partial charge is 0.492 e. The van der Waals surface area contributed by atoms with E-state index in [0.29, 0.717) is 43.1 Å². The van der Waals surface area contributed by atoms with Crippen molar-refractivity contribution in [1.29, 1.82) is 0 Å². The van der Waals surface area contributed by atoms with E-state index in [9.17, 15) is 32.6 Å². The predicted octanol–water partition coefficient (Wildman–Crippen LogP) is 0.262. The monoisotopic (exact) mass is 624 g/mol. The first kappa shape index (κ1) is 36.5. The van der Waals surface area contributed by atoms with Crippen molar-refractivity contribution in [2.75, 3.05) is 45.2 Å². The van der Waals surface area contributed by atoms with E-state index in [1.165, 1.54) is 24.1 Å². The number of hydrogen-bond acceptors (Lipinski definition) is 9. The summed E-state index contributed by atoms with van der Waals surface area (Å²) in [7, 11) is 0.339. The van der Waals surface area contributed by atoms with Gasteiger partial charge in [-0.05, 0) is 67.7 Å². The van der Waals surface area contributed by atoms with Crippen molar-refractivity contribution < 1.29 is 42.0 Å². The number of nitrogens with zero attached hydrogens (tertiary/aromatic N) is 1. The zero-order valence-corrected chi connectivity index (χ0v) is 24.9. The molecule has 2 aromatic rings. The number of carbonyl (C=O) groups is 3. The molecule has 2 aromatic carbocycles. The van der Waals surface area contributed by atoms with E-state index in [0.717, 1.165) is 17.7 Å². The van der Waals surface area contributed by atoms with Gasteiger partial charge in [0.25, 0.3) is 0 Å². The molecule has 12 nitrogen and oxygen atoms in total. The van der Waals surface area contributed by atoms with Crippen LogP contribution in [-0.4, -0.2) is 80.6 Å². The second-order valence-electron chi connectivity index (χ2n) is 10.4. The van der Waals surface area contributed by atoms with Crippen LogP contribution in [0.15, 0.2) is 42.5 Å². The molecule has 44 heavy (non-hydrogen) atoms. The van der Waals surface area contributed by atoms with E-state index in [1.807, 2.05) is 13.8 Å². The summed E-state index contributed by atoms with van der Waals surface area (Å²) >= 11 is 0. The molecule has 1 unspecified atom stereocenters. The highest BCUT2D eigenvalue weighted by atomic mass is 19.4. The van der Waals surface area contributed by atoms with E-state index in [2.05, 4.69) is 10.6 Å². The summed E-state index contributed by atoms with van der Waals surface area (Å²) in [5.41, 5.74) is 17.4. The summed E-state index contributed by atoms with van der Waals surface area (Å²) < 4.78 is 46.2. The van der Waals surface area contributed by atoms with E-state index >= 15 is 0 Å². The summed E-state index contributed by atoms with van der Waals surface area (Å²) in [4.78, 5) is 38.1. The third-order valence-corrected chi connectivity index (χ3v) is 6.65. The molecule has 9 N–H and O–H groups in total. The van der Waals surface area contributed by atoms with Gasteiger partial charge in [-0.3, -0.25) is 14.4 Å². The van der Waals surface area contributed by atoms with Crippen LogP contribution in [0.25, 0.3) is 0 Å². The first-order valence-corrected chi connectivity index (χ1v) is 13.9. The molecule has 0 fully saturated rings. The first-order chi connectivity index (χ1) is 20.6. The minimum atomic E-state index is -4.27. The van der Waals surface area contributed by atoms with Gasteiger partial charge in [-0.25, -0.2) is 0 Å². The molecule has 0 bridgehead atoms. The fourth-order valence-electron chi connectivity index (χ4n) is 4.32. The second kappa shape index (κ2) is 16.4. The van der Waals surface area contributed by atoms with Crippen LogP contribution in [0.2, 0.25) is 0 Å². The Bertz CT molecular complexity index is 1260. The van der Waals surface area contributed by atoms with Crippen molar-refractivity contribution in [3.8, 4) is 5.75 Å². The molecule has 3 amide bonds. The van der Waals surface area contributed by atoms with E-state index in [-0.39, 0.29) is 25.3 Å². The topological polar surface area (TPSA) is 195 Å². The summed E-state index contributed by atoms with van der Waals surface area (Å²) in [6.07, 6.45) is -4.06. The molecule has 242 valence electrons. The maximum absolute atomic E-state index is 12.2. The van der Waals surface area contributed by atoms with Crippen LogP contribution in [0, 0.1) is 0 Å². The molecule has 1 atom stereocenters. The van der Waals surface area contributed by atoms with Crippen molar-refractivity contribution in [3.05, 3.63) is 53.6 Å². The lowest BCUT2D eigenvalue weighted by Gasteiger charge is -2.22. The van der Waals surface area contributed by atoms with Gasteiger partial charge in [-0.2, -0.15) is 13.2 Å². The van der Waals surface area contributed by atoms with Gasteiger partial charge in [0.05, 0.1) is 30.9 Å². The highest BCUT2D eigenvalue weighted by Crippen LogP contribution is 2.31. The number of anilines is 1. The summed E-state index contributed by atoms with van der Waals surface area (Å²) in [6, 6.07) is 8.72. The fraction of sp³-hybridized carbons (Fsp3) is 0.464. The van der Waals surface area contributed by atoms with Crippen LogP contribution in [0.1, 0.15) is 37.8 Å². The Morgan fingerprint density at radius 1 is 1.09 bits per heavy atom. The van der Waals surface area contributed by atoms with Crippen LogP contribution in [0.3, 0.4) is 0 Å². The SMILES string of the molecule is CC1(C)OB(O)c2cc(NC(=O)CNC(=O)C(N)CCC(=O)N(CCN)CCN)ccc21.COc1ccc(C(F)(F)F)cc1. The lowest BCUT2D eigenvalue weighted by Crippen LogP contribution is -2.45. The number of fused-ring (bicyclic) bond motifs is 1. The minimum Gasteiger partial charge on any atom is -0.497 e. The Labute approximate surface area is 254 Å². The zero-order chi connectivity index (χ0) is 33.1. The maximum Gasteiger partial charge on any atom is 0.492 e. The molecule has 3 rings (SSSR count). The molecular weight excluding hydrogens is 584 g/mol. The van der Waals surface area contributed by atoms with Gasteiger partial charge < -0.3 is 47.1 Å². The number of carbonyl (C=O) groups excluding carboxylic acids is 3. The molecule has 0 saturated heterocycles. The fourth-order valence-corrected chi connectivity index (χ4v) is 4.32. The molecule has 0 radical (unpaired) electrons. The second-order valence-corrected chi connectivity index (χ2v) is 10.4. The maximum atomic E-state index is 12.2. The number of ether oxygens (including phenoxy) is 1. The Morgan fingerprint density at radius 3 is 2.25 bits per heavy atom. The first-order valence-electron chi connectivity index (χ1n) is 13.9. The standard InChI is InChI=1S/C20H33BN6O5.C8H7F3O/c1-20(2)14-4-3-13(11-15(14)21(31)32-20)26-17(28)12-25-19(30)16(24)5-6-18(29)27(9-7-22)10-8-23;1-12-7-4-2-6(3-5-7)8(9,10)11/h3-4,11,16,31H,5-10,12,22-24H2,1-2H3,(H,25,30)(H,26,28);2-5H,1H3. The Balaban J connectivity index is 0.000000469. The third kappa shape index (κ3) is 10.8. The molecule has 0 aromatic heterocycles. The Hall–Kier alpha value is -3.70. The molecule has 1 heterocycles. The molecule has 1 aliphatic rings. The molecule has 0 saturated carbocycles. The lowest BCUT2D eigenvalue weighted by atomic mass is 9.78. The highest BCUT2D eigenvalue weighted by molar-refractivity contribution is 6.62. The van der Waals surface area contributed by atoms with Gasteiger partial charge in [0, 0.05) is 38.3 Å². The van der Waals surface area contributed by atoms with Crippen molar-refractivity contribution in [2.24, 2.45) is 17.2 Å². The molecule has 16 heteroatoms. The number of rotatable bonds is 12. The Kier molecular flexibility index (Phi) is 13.6. The van der Waals surface area contributed by atoms with Crippen LogP contribution < -0.4 is 38.0 Å². The van der Waals surface area contributed by atoms with Crippen LogP contribution in [0.4, 0.5) is 18.9 Å². The number of halogens is 3. The van der Waals surface area contributed by atoms with Crippen molar-refractivity contribution in [2.45, 2.75) is 44.5 Å². The number of nitrogens with one attached hydrogen (secondary N) is 2. The third-order valence-electron chi connectivity index (χ3n) is 6.65. The minimum absolute atomic E-state index is 0.0800. The average molecular weight is 624 g/mol. The molecular formula is C28H40BF3N6O6. The largest absolute Gasteiger partial charge is 0.497 e. The van der Waals surface area contributed by atoms with Crippen LogP contribution in [-0.2, 0) is 30.8 Å². The van der Waals surface area contributed by atoms with E-state index in [4.69, 9.17) is 26.6 Å². The quantitative estimate of drug-likeness (QED) is 0.180. The van der Waals surface area contributed by atoms with Gasteiger partial charge in [0.2, 0.25) is 17.7 Å². The van der Waals surface area contributed by atoms with Crippen molar-refractivity contribution >= 4 is 36.0 Å². The summed E-state index contributed by atoms with van der Waals surface area (Å²) in [5, 5.41) is 15.2. The van der Waals surface area contributed by atoms with Crippen molar-refractivity contribution in [3.63, 3.8) is 0 Å². The number of hydrogen-bond donors (Lipinski definition) is 6. The summed E-state index contributed by atoms with van der Waals surface area (Å²) in [6.45, 7) is 4.83. The van der Waals surface area contributed by atoms with Gasteiger partial charge in [-0.15, -0.1) is 0 Å². The zero-order valence-electron chi connectivity index (χ0n) is 24.9. The van der Waals surface area contributed by atoms with Gasteiger partial charge in [0.15, 0.2) is 0 Å². The molecule has 0 aliphatic carbocycles. The van der Waals surface area contributed by atoms with E-state index in [1.54, 1.807) is 18.2 Å².